The molecule has 0 fully saturated rings. The second kappa shape index (κ2) is 6.65. The second-order valence-corrected chi connectivity index (χ2v) is 4.37. The Morgan fingerprint density at radius 3 is 2.81 bits per heavy atom. The van der Waals surface area contributed by atoms with Crippen molar-refractivity contribution in [1.82, 2.24) is 14.9 Å². The highest BCUT2D eigenvalue weighted by atomic mass is 79.9. The fraction of sp³-hybridized carbons (Fsp3) is 0.600. The maximum atomic E-state index is 5.40. The standard InChI is InChI=1S/C10H16BrN3O2/c1-14(2)5-4-6-16-10-12-7-8(11)9(13-10)15-3/h7H,4-6H2,1-3H3. The summed E-state index contributed by atoms with van der Waals surface area (Å²) in [5.41, 5.74) is 0. The fourth-order valence-electron chi connectivity index (χ4n) is 1.09. The van der Waals surface area contributed by atoms with E-state index in [1.165, 1.54) is 0 Å². The second-order valence-electron chi connectivity index (χ2n) is 3.52. The van der Waals surface area contributed by atoms with Gasteiger partial charge in [0.15, 0.2) is 0 Å². The van der Waals surface area contributed by atoms with E-state index in [1.807, 2.05) is 14.1 Å². The van der Waals surface area contributed by atoms with Gasteiger partial charge in [0.2, 0.25) is 5.88 Å². The summed E-state index contributed by atoms with van der Waals surface area (Å²) in [7, 11) is 5.61. The van der Waals surface area contributed by atoms with E-state index >= 15 is 0 Å². The number of methoxy groups -OCH3 is 1. The fourth-order valence-corrected chi connectivity index (χ4v) is 1.45. The summed E-state index contributed by atoms with van der Waals surface area (Å²) >= 11 is 3.28. The van der Waals surface area contributed by atoms with E-state index in [4.69, 9.17) is 9.47 Å². The van der Waals surface area contributed by atoms with Gasteiger partial charge in [0.1, 0.15) is 0 Å². The summed E-state index contributed by atoms with van der Waals surface area (Å²) in [4.78, 5) is 10.2. The third-order valence-corrected chi connectivity index (χ3v) is 2.41. The first kappa shape index (κ1) is 13.2. The summed E-state index contributed by atoms with van der Waals surface area (Å²) in [6, 6.07) is 0.346. The monoisotopic (exact) mass is 289 g/mol. The Hall–Kier alpha value is -0.880. The molecule has 0 saturated carbocycles. The van der Waals surface area contributed by atoms with Gasteiger partial charge in [-0.1, -0.05) is 0 Å². The first-order chi connectivity index (χ1) is 7.63. The Balaban J connectivity index is 2.42. The number of halogens is 1. The quantitative estimate of drug-likeness (QED) is 0.744. The average Bonchev–Trinajstić information content (AvgIpc) is 2.26. The molecular formula is C10H16BrN3O2. The van der Waals surface area contributed by atoms with Crippen LogP contribution < -0.4 is 9.47 Å². The molecule has 6 heteroatoms. The van der Waals surface area contributed by atoms with Crippen LogP contribution in [0.3, 0.4) is 0 Å². The average molecular weight is 290 g/mol. The third-order valence-electron chi connectivity index (χ3n) is 1.86. The highest BCUT2D eigenvalue weighted by molar-refractivity contribution is 9.10. The minimum atomic E-state index is 0.346. The van der Waals surface area contributed by atoms with Gasteiger partial charge in [0.05, 0.1) is 24.4 Å². The minimum Gasteiger partial charge on any atom is -0.480 e. The minimum absolute atomic E-state index is 0.346. The number of ether oxygens (including phenoxy) is 2. The molecule has 0 aliphatic carbocycles. The van der Waals surface area contributed by atoms with E-state index in [1.54, 1.807) is 13.3 Å². The predicted octanol–water partition coefficient (Wildman–Crippen LogP) is 1.58. The van der Waals surface area contributed by atoms with Gasteiger partial charge >= 0.3 is 6.01 Å². The zero-order chi connectivity index (χ0) is 12.0. The van der Waals surface area contributed by atoms with E-state index in [0.717, 1.165) is 17.4 Å². The molecule has 0 aliphatic rings. The molecular weight excluding hydrogens is 274 g/mol. The predicted molar refractivity (Wildman–Crippen MR) is 65.0 cm³/mol. The number of rotatable bonds is 6. The first-order valence-corrected chi connectivity index (χ1v) is 5.77. The molecule has 0 N–H and O–H groups in total. The van der Waals surface area contributed by atoms with Crippen LogP contribution in [-0.4, -0.2) is 49.2 Å². The van der Waals surface area contributed by atoms with Crippen LogP contribution in [0.15, 0.2) is 10.7 Å². The molecule has 0 amide bonds. The van der Waals surface area contributed by atoms with E-state index in [2.05, 4.69) is 30.8 Å². The highest BCUT2D eigenvalue weighted by Gasteiger charge is 2.05. The van der Waals surface area contributed by atoms with Crippen molar-refractivity contribution in [3.8, 4) is 11.9 Å². The van der Waals surface area contributed by atoms with Crippen molar-refractivity contribution in [2.24, 2.45) is 0 Å². The van der Waals surface area contributed by atoms with Crippen molar-refractivity contribution >= 4 is 15.9 Å². The molecule has 16 heavy (non-hydrogen) atoms. The van der Waals surface area contributed by atoms with Crippen molar-refractivity contribution < 1.29 is 9.47 Å². The Bertz CT molecular complexity index is 334. The Kier molecular flexibility index (Phi) is 5.48. The molecule has 0 aliphatic heterocycles. The van der Waals surface area contributed by atoms with Crippen molar-refractivity contribution in [2.75, 3.05) is 34.4 Å². The zero-order valence-corrected chi connectivity index (χ0v) is 11.3. The van der Waals surface area contributed by atoms with E-state index in [0.29, 0.717) is 18.5 Å². The van der Waals surface area contributed by atoms with Crippen LogP contribution in [0.4, 0.5) is 0 Å². The van der Waals surface area contributed by atoms with E-state index < -0.39 is 0 Å². The van der Waals surface area contributed by atoms with Gasteiger partial charge in [-0.3, -0.25) is 0 Å². The Morgan fingerprint density at radius 2 is 2.19 bits per heavy atom. The highest BCUT2D eigenvalue weighted by Crippen LogP contribution is 2.22. The molecule has 90 valence electrons. The van der Waals surface area contributed by atoms with Crippen LogP contribution in [0.2, 0.25) is 0 Å². The third kappa shape index (κ3) is 4.32. The Labute approximate surface area is 104 Å². The van der Waals surface area contributed by atoms with Crippen LogP contribution in [0.5, 0.6) is 11.9 Å². The summed E-state index contributed by atoms with van der Waals surface area (Å²) in [6.07, 6.45) is 2.56. The van der Waals surface area contributed by atoms with Gasteiger partial charge in [-0.25, -0.2) is 4.98 Å². The number of hydrogen-bond donors (Lipinski definition) is 0. The molecule has 0 aromatic carbocycles. The van der Waals surface area contributed by atoms with Gasteiger partial charge < -0.3 is 14.4 Å². The molecule has 5 nitrogen and oxygen atoms in total. The normalized spacial score (nSPS) is 10.6. The SMILES string of the molecule is COc1nc(OCCCN(C)C)ncc1Br. The van der Waals surface area contributed by atoms with Crippen molar-refractivity contribution in [2.45, 2.75) is 6.42 Å². The molecule has 0 unspecified atom stereocenters. The number of nitrogens with zero attached hydrogens (tertiary/aromatic N) is 3. The van der Waals surface area contributed by atoms with Crippen molar-refractivity contribution in [3.63, 3.8) is 0 Å². The number of aromatic nitrogens is 2. The summed E-state index contributed by atoms with van der Waals surface area (Å²) in [6.45, 7) is 1.58. The molecule has 1 aromatic rings. The molecule has 1 heterocycles. The van der Waals surface area contributed by atoms with Gasteiger partial charge in [-0.2, -0.15) is 4.98 Å². The topological polar surface area (TPSA) is 47.5 Å². The first-order valence-electron chi connectivity index (χ1n) is 4.97. The molecule has 0 spiro atoms. The van der Waals surface area contributed by atoms with Gasteiger partial charge in [0, 0.05) is 6.54 Å². The molecule has 0 bridgehead atoms. The Morgan fingerprint density at radius 1 is 1.44 bits per heavy atom. The molecule has 1 rings (SSSR count). The van der Waals surface area contributed by atoms with Crippen LogP contribution in [0.1, 0.15) is 6.42 Å². The van der Waals surface area contributed by atoms with E-state index in [-0.39, 0.29) is 0 Å². The van der Waals surface area contributed by atoms with Crippen molar-refractivity contribution in [1.29, 1.82) is 0 Å². The largest absolute Gasteiger partial charge is 0.480 e. The van der Waals surface area contributed by atoms with E-state index in [9.17, 15) is 0 Å². The molecule has 1 aromatic heterocycles. The summed E-state index contributed by atoms with van der Waals surface area (Å²) in [5.74, 6) is 0.484. The number of hydrogen-bond acceptors (Lipinski definition) is 5. The maximum Gasteiger partial charge on any atom is 0.319 e. The zero-order valence-electron chi connectivity index (χ0n) is 9.73. The van der Waals surface area contributed by atoms with Gasteiger partial charge in [-0.05, 0) is 36.4 Å². The lowest BCUT2D eigenvalue weighted by Crippen LogP contribution is -2.16. The lowest BCUT2D eigenvalue weighted by Gasteiger charge is -2.09. The van der Waals surface area contributed by atoms with Gasteiger partial charge in [-0.15, -0.1) is 0 Å². The maximum absolute atomic E-state index is 5.40. The van der Waals surface area contributed by atoms with Gasteiger partial charge in [0.25, 0.3) is 0 Å². The summed E-state index contributed by atoms with van der Waals surface area (Å²) in [5, 5.41) is 0. The lowest BCUT2D eigenvalue weighted by atomic mass is 10.4. The lowest BCUT2D eigenvalue weighted by molar-refractivity contribution is 0.259. The molecule has 0 saturated heterocycles. The molecule has 0 atom stereocenters. The van der Waals surface area contributed by atoms with Crippen LogP contribution in [-0.2, 0) is 0 Å². The van der Waals surface area contributed by atoms with Crippen LogP contribution in [0.25, 0.3) is 0 Å². The van der Waals surface area contributed by atoms with Crippen LogP contribution in [0, 0.1) is 0 Å². The summed E-state index contributed by atoms with van der Waals surface area (Å²) < 4.78 is 11.2. The van der Waals surface area contributed by atoms with Crippen molar-refractivity contribution in [3.05, 3.63) is 10.7 Å². The molecule has 0 radical (unpaired) electrons. The van der Waals surface area contributed by atoms with Crippen LogP contribution >= 0.6 is 15.9 Å². The smallest absolute Gasteiger partial charge is 0.319 e.